The molecule has 0 radical (unpaired) electrons. The van der Waals surface area contributed by atoms with Crippen molar-refractivity contribution in [1.29, 1.82) is 0 Å². The standard InChI is InChI=1S/C15H14N4O/c1-16-13-5-3-2-4-12(13)15-18-14(19-20-15)10-11-6-8-17-9-7-11/h2-9,16H,10H2,1H3. The van der Waals surface area contributed by atoms with Crippen molar-refractivity contribution in [3.05, 3.63) is 60.2 Å². The molecule has 0 unspecified atom stereocenters. The molecule has 0 spiro atoms. The van der Waals surface area contributed by atoms with Crippen molar-refractivity contribution < 1.29 is 4.52 Å². The van der Waals surface area contributed by atoms with Crippen molar-refractivity contribution in [3.63, 3.8) is 0 Å². The molecule has 0 aliphatic heterocycles. The smallest absolute Gasteiger partial charge is 0.260 e. The first-order chi connectivity index (χ1) is 9.86. The van der Waals surface area contributed by atoms with Crippen LogP contribution in [-0.4, -0.2) is 22.2 Å². The molecular formula is C15H14N4O. The topological polar surface area (TPSA) is 63.8 Å². The van der Waals surface area contributed by atoms with Gasteiger partial charge in [0.05, 0.1) is 5.56 Å². The van der Waals surface area contributed by atoms with Gasteiger partial charge in [-0.3, -0.25) is 4.98 Å². The molecule has 5 heteroatoms. The van der Waals surface area contributed by atoms with E-state index in [1.807, 2.05) is 43.4 Å². The van der Waals surface area contributed by atoms with Gasteiger partial charge in [-0.2, -0.15) is 4.98 Å². The Morgan fingerprint density at radius 3 is 2.70 bits per heavy atom. The van der Waals surface area contributed by atoms with Crippen LogP contribution in [0.4, 0.5) is 5.69 Å². The summed E-state index contributed by atoms with van der Waals surface area (Å²) in [6, 6.07) is 11.7. The summed E-state index contributed by atoms with van der Waals surface area (Å²) in [7, 11) is 1.87. The van der Waals surface area contributed by atoms with Gasteiger partial charge in [0.25, 0.3) is 5.89 Å². The van der Waals surface area contributed by atoms with Crippen LogP contribution in [0.3, 0.4) is 0 Å². The molecule has 100 valence electrons. The number of nitrogens with one attached hydrogen (secondary N) is 1. The first-order valence-electron chi connectivity index (χ1n) is 6.35. The van der Waals surface area contributed by atoms with E-state index >= 15 is 0 Å². The lowest BCUT2D eigenvalue weighted by molar-refractivity contribution is 0.424. The number of para-hydroxylation sites is 1. The molecule has 3 aromatic rings. The summed E-state index contributed by atoms with van der Waals surface area (Å²) in [5.74, 6) is 1.19. The highest BCUT2D eigenvalue weighted by Crippen LogP contribution is 2.26. The second-order valence-corrected chi connectivity index (χ2v) is 4.34. The van der Waals surface area contributed by atoms with Crippen molar-refractivity contribution in [3.8, 4) is 11.5 Å². The van der Waals surface area contributed by atoms with E-state index in [9.17, 15) is 0 Å². The monoisotopic (exact) mass is 266 g/mol. The largest absolute Gasteiger partial charge is 0.387 e. The highest BCUT2D eigenvalue weighted by molar-refractivity contribution is 5.72. The molecule has 1 aromatic carbocycles. The highest BCUT2D eigenvalue weighted by atomic mass is 16.5. The molecule has 0 saturated heterocycles. The van der Waals surface area contributed by atoms with Crippen LogP contribution in [0.15, 0.2) is 53.3 Å². The average molecular weight is 266 g/mol. The molecule has 0 aliphatic rings. The van der Waals surface area contributed by atoms with Crippen molar-refractivity contribution in [2.45, 2.75) is 6.42 Å². The molecule has 0 atom stereocenters. The number of benzene rings is 1. The minimum absolute atomic E-state index is 0.527. The third-order valence-electron chi connectivity index (χ3n) is 3.01. The van der Waals surface area contributed by atoms with E-state index in [4.69, 9.17) is 4.52 Å². The first-order valence-corrected chi connectivity index (χ1v) is 6.35. The van der Waals surface area contributed by atoms with E-state index in [0.29, 0.717) is 18.1 Å². The summed E-state index contributed by atoms with van der Waals surface area (Å²) >= 11 is 0. The van der Waals surface area contributed by atoms with Gasteiger partial charge in [-0.05, 0) is 29.8 Å². The van der Waals surface area contributed by atoms with Gasteiger partial charge < -0.3 is 9.84 Å². The number of anilines is 1. The fourth-order valence-electron chi connectivity index (χ4n) is 2.01. The maximum absolute atomic E-state index is 5.35. The summed E-state index contributed by atoms with van der Waals surface area (Å²) in [6.45, 7) is 0. The van der Waals surface area contributed by atoms with Gasteiger partial charge in [-0.1, -0.05) is 17.3 Å². The lowest BCUT2D eigenvalue weighted by atomic mass is 10.1. The molecule has 0 fully saturated rings. The summed E-state index contributed by atoms with van der Waals surface area (Å²) in [5, 5.41) is 7.15. The van der Waals surface area contributed by atoms with Crippen LogP contribution in [0, 0.1) is 0 Å². The van der Waals surface area contributed by atoms with E-state index in [-0.39, 0.29) is 0 Å². The van der Waals surface area contributed by atoms with Crippen molar-refractivity contribution in [2.24, 2.45) is 0 Å². The number of rotatable bonds is 4. The van der Waals surface area contributed by atoms with E-state index in [1.54, 1.807) is 12.4 Å². The zero-order chi connectivity index (χ0) is 13.8. The predicted molar refractivity (Wildman–Crippen MR) is 76.3 cm³/mol. The number of aromatic nitrogens is 3. The Morgan fingerprint density at radius 1 is 1.10 bits per heavy atom. The van der Waals surface area contributed by atoms with Crippen LogP contribution in [-0.2, 0) is 6.42 Å². The van der Waals surface area contributed by atoms with Gasteiger partial charge in [-0.15, -0.1) is 0 Å². The Kier molecular flexibility index (Phi) is 3.41. The predicted octanol–water partition coefficient (Wildman–Crippen LogP) is 2.76. The van der Waals surface area contributed by atoms with Crippen LogP contribution in [0.5, 0.6) is 0 Å². The summed E-state index contributed by atoms with van der Waals surface area (Å²) in [6.07, 6.45) is 4.15. The third-order valence-corrected chi connectivity index (χ3v) is 3.01. The minimum Gasteiger partial charge on any atom is -0.387 e. The van der Waals surface area contributed by atoms with E-state index in [2.05, 4.69) is 20.4 Å². The molecule has 0 bridgehead atoms. The van der Waals surface area contributed by atoms with Gasteiger partial charge in [0.15, 0.2) is 5.82 Å². The molecule has 3 rings (SSSR count). The number of hydrogen-bond acceptors (Lipinski definition) is 5. The SMILES string of the molecule is CNc1ccccc1-c1nc(Cc2ccncc2)no1. The van der Waals surface area contributed by atoms with Crippen LogP contribution in [0.25, 0.3) is 11.5 Å². The molecule has 0 aliphatic carbocycles. The van der Waals surface area contributed by atoms with E-state index in [1.165, 1.54) is 0 Å². The maximum Gasteiger partial charge on any atom is 0.260 e. The van der Waals surface area contributed by atoms with Crippen molar-refractivity contribution in [1.82, 2.24) is 15.1 Å². The Morgan fingerprint density at radius 2 is 1.90 bits per heavy atom. The zero-order valence-electron chi connectivity index (χ0n) is 11.1. The quantitative estimate of drug-likeness (QED) is 0.786. The summed E-state index contributed by atoms with van der Waals surface area (Å²) in [4.78, 5) is 8.44. The van der Waals surface area contributed by atoms with Crippen LogP contribution >= 0.6 is 0 Å². The summed E-state index contributed by atoms with van der Waals surface area (Å²) in [5.41, 5.74) is 2.98. The highest BCUT2D eigenvalue weighted by Gasteiger charge is 2.12. The fraction of sp³-hybridized carbons (Fsp3) is 0.133. The average Bonchev–Trinajstić information content (AvgIpc) is 2.96. The van der Waals surface area contributed by atoms with Gasteiger partial charge in [0, 0.05) is 31.5 Å². The van der Waals surface area contributed by atoms with Crippen LogP contribution in [0.1, 0.15) is 11.4 Å². The Bertz CT molecular complexity index is 694. The lowest BCUT2D eigenvalue weighted by Crippen LogP contribution is -1.93. The molecule has 2 heterocycles. The van der Waals surface area contributed by atoms with Gasteiger partial charge in [-0.25, -0.2) is 0 Å². The molecule has 0 amide bonds. The van der Waals surface area contributed by atoms with Gasteiger partial charge >= 0.3 is 0 Å². The van der Waals surface area contributed by atoms with E-state index < -0.39 is 0 Å². The first kappa shape index (κ1) is 12.3. The molecule has 0 saturated carbocycles. The van der Waals surface area contributed by atoms with Crippen molar-refractivity contribution >= 4 is 5.69 Å². The van der Waals surface area contributed by atoms with Crippen LogP contribution in [0.2, 0.25) is 0 Å². The normalized spacial score (nSPS) is 10.4. The third kappa shape index (κ3) is 2.51. The molecule has 5 nitrogen and oxygen atoms in total. The van der Waals surface area contributed by atoms with Crippen molar-refractivity contribution in [2.75, 3.05) is 12.4 Å². The molecule has 20 heavy (non-hydrogen) atoms. The molecule has 1 N–H and O–H groups in total. The second kappa shape index (κ2) is 5.52. The Hall–Kier alpha value is -2.69. The maximum atomic E-state index is 5.35. The number of nitrogens with zero attached hydrogens (tertiary/aromatic N) is 3. The van der Waals surface area contributed by atoms with E-state index in [0.717, 1.165) is 16.8 Å². The second-order valence-electron chi connectivity index (χ2n) is 4.34. The molecule has 2 aromatic heterocycles. The Labute approximate surface area is 116 Å². The Balaban J connectivity index is 1.87. The zero-order valence-corrected chi connectivity index (χ0v) is 11.1. The van der Waals surface area contributed by atoms with Crippen LogP contribution < -0.4 is 5.32 Å². The summed E-state index contributed by atoms with van der Waals surface area (Å²) < 4.78 is 5.35. The molecular weight excluding hydrogens is 252 g/mol. The number of hydrogen-bond donors (Lipinski definition) is 1. The van der Waals surface area contributed by atoms with Gasteiger partial charge in [0.1, 0.15) is 0 Å². The fourth-order valence-corrected chi connectivity index (χ4v) is 2.01. The lowest BCUT2D eigenvalue weighted by Gasteiger charge is -2.03. The minimum atomic E-state index is 0.527. The van der Waals surface area contributed by atoms with Gasteiger partial charge in [0.2, 0.25) is 0 Å². The number of pyridine rings is 1.